The molecule has 0 aromatic carbocycles. The van der Waals surface area contributed by atoms with Gasteiger partial charge in [0, 0.05) is 35.9 Å². The van der Waals surface area contributed by atoms with E-state index in [-0.39, 0.29) is 5.91 Å². The molecule has 2 fully saturated rings. The molecular weight excluding hydrogens is 336 g/mol. The van der Waals surface area contributed by atoms with E-state index in [1.54, 1.807) is 11.3 Å². The third-order valence-electron chi connectivity index (χ3n) is 5.52. The molecule has 2 atom stereocenters. The number of rotatable bonds is 5. The van der Waals surface area contributed by atoms with E-state index < -0.39 is 0 Å². The van der Waals surface area contributed by atoms with Crippen molar-refractivity contribution >= 4 is 17.2 Å². The maximum atomic E-state index is 12.4. The monoisotopic (exact) mass is 360 g/mol. The molecule has 0 saturated heterocycles. The standard InChI is InChI=1S/C18H24N4O2S/c19-14-8-11-2-1-3-12(9-14)17(11)20-15(23)4-5-16-21-18(22-24-16)13-6-7-25-10-13/h6-7,10-12,14,17H,1-5,8-9,19H2,(H,20,23). The van der Waals surface area contributed by atoms with Crippen LogP contribution in [0.5, 0.6) is 0 Å². The second-order valence-corrected chi connectivity index (χ2v) is 8.08. The van der Waals surface area contributed by atoms with Gasteiger partial charge in [0.05, 0.1) is 0 Å². The fraction of sp³-hybridized carbons (Fsp3) is 0.611. The number of hydrogen-bond donors (Lipinski definition) is 2. The number of nitrogens with zero attached hydrogens (tertiary/aromatic N) is 2. The molecule has 2 bridgehead atoms. The first kappa shape index (κ1) is 16.7. The molecule has 0 radical (unpaired) electrons. The summed E-state index contributed by atoms with van der Waals surface area (Å²) in [6.45, 7) is 0. The Morgan fingerprint density at radius 1 is 1.36 bits per heavy atom. The van der Waals surface area contributed by atoms with Crippen molar-refractivity contribution < 1.29 is 9.32 Å². The van der Waals surface area contributed by atoms with Gasteiger partial charge >= 0.3 is 0 Å². The topological polar surface area (TPSA) is 94.0 Å². The van der Waals surface area contributed by atoms with Crippen molar-refractivity contribution in [3.05, 3.63) is 22.7 Å². The molecule has 3 N–H and O–H groups in total. The maximum absolute atomic E-state index is 12.4. The molecule has 1 amide bonds. The molecular formula is C18H24N4O2S. The van der Waals surface area contributed by atoms with Gasteiger partial charge in [-0.25, -0.2) is 0 Å². The lowest BCUT2D eigenvalue weighted by Crippen LogP contribution is -2.53. The lowest BCUT2D eigenvalue weighted by atomic mass is 9.67. The molecule has 2 aromatic rings. The summed E-state index contributed by atoms with van der Waals surface area (Å²) >= 11 is 1.59. The predicted molar refractivity (Wildman–Crippen MR) is 95.9 cm³/mol. The van der Waals surface area contributed by atoms with E-state index in [9.17, 15) is 4.79 Å². The Kier molecular flexibility index (Phi) is 4.85. The minimum absolute atomic E-state index is 0.0765. The van der Waals surface area contributed by atoms with Crippen LogP contribution in [0, 0.1) is 11.8 Å². The number of fused-ring (bicyclic) bond motifs is 2. The van der Waals surface area contributed by atoms with E-state index in [0.29, 0.717) is 48.5 Å². The van der Waals surface area contributed by atoms with Gasteiger partial charge in [0.2, 0.25) is 17.6 Å². The number of carbonyl (C=O) groups excluding carboxylic acids is 1. The third-order valence-corrected chi connectivity index (χ3v) is 6.20. The molecule has 2 aromatic heterocycles. The Bertz CT molecular complexity index is 700. The lowest BCUT2D eigenvalue weighted by molar-refractivity contribution is -0.123. The summed E-state index contributed by atoms with van der Waals surface area (Å²) in [4.78, 5) is 16.8. The second-order valence-electron chi connectivity index (χ2n) is 7.30. The summed E-state index contributed by atoms with van der Waals surface area (Å²) in [5, 5.41) is 11.2. The van der Waals surface area contributed by atoms with Gasteiger partial charge in [-0.15, -0.1) is 0 Å². The highest BCUT2D eigenvalue weighted by atomic mass is 32.1. The van der Waals surface area contributed by atoms with E-state index in [2.05, 4.69) is 15.5 Å². The molecule has 25 heavy (non-hydrogen) atoms. The van der Waals surface area contributed by atoms with Crippen LogP contribution < -0.4 is 11.1 Å². The third kappa shape index (κ3) is 3.77. The van der Waals surface area contributed by atoms with Crippen molar-refractivity contribution in [1.82, 2.24) is 15.5 Å². The average molecular weight is 360 g/mol. The molecule has 4 rings (SSSR count). The van der Waals surface area contributed by atoms with Crippen LogP contribution in [0.25, 0.3) is 11.4 Å². The fourth-order valence-electron chi connectivity index (χ4n) is 4.37. The molecule has 2 aliphatic carbocycles. The van der Waals surface area contributed by atoms with Gasteiger partial charge in [0.25, 0.3) is 0 Å². The van der Waals surface area contributed by atoms with Gasteiger partial charge in [-0.05, 0) is 49.0 Å². The van der Waals surface area contributed by atoms with Gasteiger partial charge in [0.1, 0.15) is 0 Å². The Labute approximate surface area is 151 Å². The zero-order valence-corrected chi connectivity index (χ0v) is 15.0. The van der Waals surface area contributed by atoms with Crippen LogP contribution in [0.2, 0.25) is 0 Å². The molecule has 2 aliphatic rings. The van der Waals surface area contributed by atoms with Crippen molar-refractivity contribution in [1.29, 1.82) is 0 Å². The highest BCUT2D eigenvalue weighted by Gasteiger charge is 2.39. The number of amides is 1. The quantitative estimate of drug-likeness (QED) is 0.855. The zero-order valence-electron chi connectivity index (χ0n) is 14.2. The van der Waals surface area contributed by atoms with E-state index in [0.717, 1.165) is 18.4 Å². The van der Waals surface area contributed by atoms with Gasteiger partial charge in [-0.3, -0.25) is 4.79 Å². The van der Waals surface area contributed by atoms with E-state index in [1.807, 2.05) is 16.8 Å². The van der Waals surface area contributed by atoms with Crippen LogP contribution in [-0.4, -0.2) is 28.1 Å². The second kappa shape index (κ2) is 7.25. The minimum atomic E-state index is 0.0765. The fourth-order valence-corrected chi connectivity index (χ4v) is 5.00. The van der Waals surface area contributed by atoms with Crippen molar-refractivity contribution in [3.63, 3.8) is 0 Å². The summed E-state index contributed by atoms with van der Waals surface area (Å²) in [5.74, 6) is 2.27. The Morgan fingerprint density at radius 2 is 2.16 bits per heavy atom. The van der Waals surface area contributed by atoms with Crippen LogP contribution in [0.3, 0.4) is 0 Å². The van der Waals surface area contributed by atoms with Crippen LogP contribution >= 0.6 is 11.3 Å². The Morgan fingerprint density at radius 3 is 2.88 bits per heavy atom. The van der Waals surface area contributed by atoms with Crippen molar-refractivity contribution in [3.8, 4) is 11.4 Å². The van der Waals surface area contributed by atoms with Gasteiger partial charge < -0.3 is 15.6 Å². The molecule has 7 heteroatoms. The number of thiophene rings is 1. The van der Waals surface area contributed by atoms with E-state index in [4.69, 9.17) is 10.3 Å². The van der Waals surface area contributed by atoms with Gasteiger partial charge in [-0.2, -0.15) is 16.3 Å². The predicted octanol–water partition coefficient (Wildman–Crippen LogP) is 2.75. The summed E-state index contributed by atoms with van der Waals surface area (Å²) in [7, 11) is 0. The average Bonchev–Trinajstić information content (AvgIpc) is 3.25. The van der Waals surface area contributed by atoms with Crippen LogP contribution in [-0.2, 0) is 11.2 Å². The van der Waals surface area contributed by atoms with Crippen molar-refractivity contribution in [2.24, 2.45) is 17.6 Å². The van der Waals surface area contributed by atoms with Crippen LogP contribution in [0.4, 0.5) is 0 Å². The smallest absolute Gasteiger partial charge is 0.227 e. The first-order valence-corrected chi connectivity index (χ1v) is 10.0. The first-order valence-electron chi connectivity index (χ1n) is 9.09. The molecule has 2 unspecified atom stereocenters. The Balaban J connectivity index is 1.31. The van der Waals surface area contributed by atoms with E-state index in [1.165, 1.54) is 19.3 Å². The number of carbonyl (C=O) groups is 1. The molecule has 0 aliphatic heterocycles. The molecule has 134 valence electrons. The lowest BCUT2D eigenvalue weighted by Gasteiger charge is -2.45. The number of hydrogen-bond acceptors (Lipinski definition) is 6. The van der Waals surface area contributed by atoms with Gasteiger partial charge in [0.15, 0.2) is 0 Å². The number of nitrogens with one attached hydrogen (secondary N) is 1. The molecule has 6 nitrogen and oxygen atoms in total. The highest BCUT2D eigenvalue weighted by molar-refractivity contribution is 7.08. The molecule has 2 heterocycles. The van der Waals surface area contributed by atoms with Crippen LogP contribution in [0.15, 0.2) is 21.3 Å². The largest absolute Gasteiger partial charge is 0.353 e. The number of aryl methyl sites for hydroxylation is 1. The van der Waals surface area contributed by atoms with Crippen molar-refractivity contribution in [2.45, 2.75) is 57.0 Å². The van der Waals surface area contributed by atoms with Crippen molar-refractivity contribution in [2.75, 3.05) is 0 Å². The zero-order chi connectivity index (χ0) is 17.2. The minimum Gasteiger partial charge on any atom is -0.353 e. The summed E-state index contributed by atoms with van der Waals surface area (Å²) in [5.41, 5.74) is 7.11. The molecule has 0 spiro atoms. The summed E-state index contributed by atoms with van der Waals surface area (Å²) in [6.07, 6.45) is 6.56. The number of aromatic nitrogens is 2. The SMILES string of the molecule is NC1CC2CCCC(C1)C2NC(=O)CCc1nc(-c2ccsc2)no1. The normalized spacial score (nSPS) is 28.7. The highest BCUT2D eigenvalue weighted by Crippen LogP contribution is 2.39. The number of nitrogens with two attached hydrogens (primary N) is 1. The summed E-state index contributed by atoms with van der Waals surface area (Å²) in [6, 6.07) is 2.56. The van der Waals surface area contributed by atoms with Crippen LogP contribution in [0.1, 0.15) is 44.4 Å². The Hall–Kier alpha value is -1.73. The first-order chi connectivity index (χ1) is 12.2. The van der Waals surface area contributed by atoms with Gasteiger partial charge in [-0.1, -0.05) is 11.6 Å². The summed E-state index contributed by atoms with van der Waals surface area (Å²) < 4.78 is 5.26. The van der Waals surface area contributed by atoms with E-state index >= 15 is 0 Å². The molecule has 2 saturated carbocycles. The maximum Gasteiger partial charge on any atom is 0.227 e.